The second-order valence-electron chi connectivity index (χ2n) is 7.28. The number of Topliss-reactive ketones (excluding diaryl/α,β-unsaturated/α-hetero) is 2. The van der Waals surface area contributed by atoms with Crippen LogP contribution in [-0.2, 0) is 4.74 Å². The molecule has 0 N–H and O–H groups in total. The van der Waals surface area contributed by atoms with Crippen molar-refractivity contribution in [2.75, 3.05) is 45.3 Å². The number of carbonyl (C=O) groups excluding carboxylic acids is 2. The summed E-state index contributed by atoms with van der Waals surface area (Å²) in [6, 6.07) is 16.6. The van der Waals surface area contributed by atoms with Gasteiger partial charge in [0.15, 0.2) is 11.6 Å². The third kappa shape index (κ3) is 3.73. The Labute approximate surface area is 166 Å². The predicted octanol–water partition coefficient (Wildman–Crippen LogP) is 3.30. The van der Waals surface area contributed by atoms with Crippen molar-refractivity contribution in [3.8, 4) is 0 Å². The number of carbonyl (C=O) groups is 2. The Morgan fingerprint density at radius 2 is 1.46 bits per heavy atom. The number of likely N-dealkylation sites (N-methyl/N-ethyl adjacent to an activating group) is 1. The summed E-state index contributed by atoms with van der Waals surface area (Å²) in [6.07, 6.45) is 0.401. The van der Waals surface area contributed by atoms with Crippen LogP contribution in [-0.4, -0.2) is 62.4 Å². The molecule has 2 aromatic carbocycles. The standard InChI is InChI=1S/C23H28N2O3/c1-4-23(24(2)3,21(26)18-8-6-5-7-9-18)22(27)19-10-12-20(13-11-19)25-14-16-28-17-15-25/h5-13H,4,14-17H2,1-3H3. The molecule has 0 aromatic heterocycles. The molecule has 1 atom stereocenters. The Morgan fingerprint density at radius 3 is 1.96 bits per heavy atom. The fourth-order valence-electron chi connectivity index (χ4n) is 3.86. The highest BCUT2D eigenvalue weighted by Crippen LogP contribution is 2.29. The monoisotopic (exact) mass is 380 g/mol. The number of anilines is 1. The summed E-state index contributed by atoms with van der Waals surface area (Å²) in [7, 11) is 3.59. The Bertz CT molecular complexity index is 812. The molecule has 1 fully saturated rings. The predicted molar refractivity (Wildman–Crippen MR) is 111 cm³/mol. The van der Waals surface area contributed by atoms with Crippen molar-refractivity contribution in [2.24, 2.45) is 0 Å². The topological polar surface area (TPSA) is 49.9 Å². The molecule has 1 aliphatic rings. The van der Waals surface area contributed by atoms with Gasteiger partial charge in [-0.15, -0.1) is 0 Å². The molecule has 28 heavy (non-hydrogen) atoms. The molecule has 2 aromatic rings. The first-order valence-electron chi connectivity index (χ1n) is 9.75. The van der Waals surface area contributed by atoms with Gasteiger partial charge in [0.05, 0.1) is 13.2 Å². The van der Waals surface area contributed by atoms with Gasteiger partial charge >= 0.3 is 0 Å². The van der Waals surface area contributed by atoms with Crippen molar-refractivity contribution in [1.82, 2.24) is 4.90 Å². The molecule has 1 aliphatic heterocycles. The van der Waals surface area contributed by atoms with E-state index in [1.54, 1.807) is 31.1 Å². The number of hydrogen-bond acceptors (Lipinski definition) is 5. The molecular formula is C23H28N2O3. The Hall–Kier alpha value is -2.50. The largest absolute Gasteiger partial charge is 0.378 e. The number of benzene rings is 2. The van der Waals surface area contributed by atoms with Crippen LogP contribution in [0.4, 0.5) is 5.69 Å². The van der Waals surface area contributed by atoms with Gasteiger partial charge in [-0.1, -0.05) is 37.3 Å². The smallest absolute Gasteiger partial charge is 0.191 e. The summed E-state index contributed by atoms with van der Waals surface area (Å²) < 4.78 is 5.40. The first-order chi connectivity index (χ1) is 13.5. The molecule has 1 saturated heterocycles. The van der Waals surface area contributed by atoms with E-state index in [9.17, 15) is 9.59 Å². The third-order valence-electron chi connectivity index (χ3n) is 5.57. The summed E-state index contributed by atoms with van der Waals surface area (Å²) >= 11 is 0. The number of rotatable bonds is 7. The summed E-state index contributed by atoms with van der Waals surface area (Å²) in [5, 5.41) is 0. The van der Waals surface area contributed by atoms with E-state index in [2.05, 4.69) is 4.90 Å². The first kappa shape index (κ1) is 20.2. The van der Waals surface area contributed by atoms with Gasteiger partial charge in [0.2, 0.25) is 0 Å². The maximum absolute atomic E-state index is 13.5. The highest BCUT2D eigenvalue weighted by Gasteiger charge is 2.46. The molecule has 3 rings (SSSR count). The van der Waals surface area contributed by atoms with Crippen LogP contribution in [0.25, 0.3) is 0 Å². The maximum atomic E-state index is 13.5. The fraction of sp³-hybridized carbons (Fsp3) is 0.391. The average Bonchev–Trinajstić information content (AvgIpc) is 2.75. The number of nitrogens with zero attached hydrogens (tertiary/aromatic N) is 2. The Morgan fingerprint density at radius 1 is 0.929 bits per heavy atom. The molecule has 0 aliphatic carbocycles. The average molecular weight is 380 g/mol. The van der Waals surface area contributed by atoms with Gasteiger partial charge in [0.1, 0.15) is 5.54 Å². The Balaban J connectivity index is 1.92. The van der Waals surface area contributed by atoms with Gasteiger partial charge in [0, 0.05) is 29.9 Å². The van der Waals surface area contributed by atoms with Crippen molar-refractivity contribution in [3.05, 3.63) is 65.7 Å². The molecular weight excluding hydrogens is 352 g/mol. The van der Waals surface area contributed by atoms with E-state index in [1.807, 2.05) is 49.4 Å². The van der Waals surface area contributed by atoms with Crippen molar-refractivity contribution < 1.29 is 14.3 Å². The molecule has 1 heterocycles. The molecule has 0 saturated carbocycles. The molecule has 5 nitrogen and oxygen atoms in total. The minimum absolute atomic E-state index is 0.164. The first-order valence-corrected chi connectivity index (χ1v) is 9.75. The normalized spacial score (nSPS) is 16.6. The molecule has 0 spiro atoms. The van der Waals surface area contributed by atoms with Crippen LogP contribution in [0.15, 0.2) is 54.6 Å². The highest BCUT2D eigenvalue weighted by molar-refractivity contribution is 6.23. The lowest BCUT2D eigenvalue weighted by Crippen LogP contribution is -2.57. The van der Waals surface area contributed by atoms with Crippen molar-refractivity contribution >= 4 is 17.3 Å². The van der Waals surface area contributed by atoms with Crippen LogP contribution >= 0.6 is 0 Å². The van der Waals surface area contributed by atoms with Crippen LogP contribution < -0.4 is 4.90 Å². The van der Waals surface area contributed by atoms with Gasteiger partial charge in [-0.2, -0.15) is 0 Å². The lowest BCUT2D eigenvalue weighted by molar-refractivity contribution is 0.0555. The van der Waals surface area contributed by atoms with Crippen LogP contribution in [0.1, 0.15) is 34.1 Å². The van der Waals surface area contributed by atoms with Crippen molar-refractivity contribution in [2.45, 2.75) is 18.9 Å². The van der Waals surface area contributed by atoms with Gasteiger partial charge in [-0.05, 0) is 44.8 Å². The van der Waals surface area contributed by atoms with Crippen LogP contribution in [0.3, 0.4) is 0 Å². The van der Waals surface area contributed by atoms with Gasteiger partial charge in [0.25, 0.3) is 0 Å². The van der Waals surface area contributed by atoms with Crippen LogP contribution in [0.2, 0.25) is 0 Å². The van der Waals surface area contributed by atoms with E-state index < -0.39 is 5.54 Å². The molecule has 0 bridgehead atoms. The van der Waals surface area contributed by atoms with Crippen molar-refractivity contribution in [1.29, 1.82) is 0 Å². The number of ketones is 2. The minimum atomic E-state index is -1.22. The summed E-state index contributed by atoms with van der Waals surface area (Å²) in [6.45, 7) is 5.01. The lowest BCUT2D eigenvalue weighted by atomic mass is 9.79. The van der Waals surface area contributed by atoms with Crippen molar-refractivity contribution in [3.63, 3.8) is 0 Å². The molecule has 0 amide bonds. The van der Waals surface area contributed by atoms with Gasteiger partial charge in [-0.3, -0.25) is 14.5 Å². The van der Waals surface area contributed by atoms with Crippen LogP contribution in [0.5, 0.6) is 0 Å². The molecule has 5 heteroatoms. The van der Waals surface area contributed by atoms with E-state index in [1.165, 1.54) is 0 Å². The van der Waals surface area contributed by atoms with Gasteiger partial charge in [-0.25, -0.2) is 0 Å². The number of morpholine rings is 1. The van der Waals surface area contributed by atoms with E-state index >= 15 is 0 Å². The van der Waals surface area contributed by atoms with Crippen LogP contribution in [0, 0.1) is 0 Å². The summed E-state index contributed by atoms with van der Waals surface area (Å²) in [5.74, 6) is -0.328. The summed E-state index contributed by atoms with van der Waals surface area (Å²) in [5.41, 5.74) is 0.955. The molecule has 1 unspecified atom stereocenters. The zero-order valence-electron chi connectivity index (χ0n) is 16.9. The van der Waals surface area contributed by atoms with E-state index in [-0.39, 0.29) is 11.6 Å². The fourth-order valence-corrected chi connectivity index (χ4v) is 3.86. The lowest BCUT2D eigenvalue weighted by Gasteiger charge is -2.36. The highest BCUT2D eigenvalue weighted by atomic mass is 16.5. The van der Waals surface area contributed by atoms with E-state index in [0.29, 0.717) is 30.8 Å². The Kier molecular flexibility index (Phi) is 6.27. The SMILES string of the molecule is CCC(C(=O)c1ccccc1)(C(=O)c1ccc(N2CCOCC2)cc1)N(C)C. The quantitative estimate of drug-likeness (QED) is 0.545. The number of hydrogen-bond donors (Lipinski definition) is 0. The second kappa shape index (κ2) is 8.67. The summed E-state index contributed by atoms with van der Waals surface area (Å²) in [4.78, 5) is 30.9. The van der Waals surface area contributed by atoms with Gasteiger partial charge < -0.3 is 9.64 Å². The van der Waals surface area contributed by atoms with E-state index in [4.69, 9.17) is 4.74 Å². The maximum Gasteiger partial charge on any atom is 0.191 e. The minimum Gasteiger partial charge on any atom is -0.378 e. The zero-order chi connectivity index (χ0) is 20.1. The number of ether oxygens (including phenoxy) is 1. The zero-order valence-corrected chi connectivity index (χ0v) is 16.9. The second-order valence-corrected chi connectivity index (χ2v) is 7.28. The molecule has 148 valence electrons. The molecule has 0 radical (unpaired) electrons. The third-order valence-corrected chi connectivity index (χ3v) is 5.57. The van der Waals surface area contributed by atoms with E-state index in [0.717, 1.165) is 18.8 Å².